The Morgan fingerprint density at radius 3 is 1.47 bits per heavy atom. The smallest absolute Gasteiger partial charge is 0.306 e. The van der Waals surface area contributed by atoms with Crippen LogP contribution in [-0.2, 0) is 66.9 Å². The Balaban J connectivity index is 0.00000738. The summed E-state index contributed by atoms with van der Waals surface area (Å²) in [6.07, 6.45) is 25.7. The number of hydrogen-bond donors (Lipinski definition) is 6. The molecule has 0 saturated heterocycles. The number of likely N-dealkylation sites (N-methyl/N-ethyl adjacent to an activating group) is 1. The van der Waals surface area contributed by atoms with Crippen LogP contribution < -0.4 is 16.0 Å². The average molecular weight is 1150 g/mol. The highest BCUT2D eigenvalue weighted by molar-refractivity contribution is 5.90. The molecule has 2 atom stereocenters. The van der Waals surface area contributed by atoms with Crippen LogP contribution in [0.5, 0.6) is 0 Å². The van der Waals surface area contributed by atoms with Gasteiger partial charge in [0.2, 0.25) is 17.7 Å². The lowest BCUT2D eigenvalue weighted by Gasteiger charge is -2.28. The Morgan fingerprint density at radius 2 is 0.963 bits per heavy atom. The first-order valence-electron chi connectivity index (χ1n) is 30.8. The number of carbonyl (C=O) groups excluding carboxylic acids is 7. The molecule has 1 aliphatic rings. The number of aliphatic carboxylic acids is 3. The summed E-state index contributed by atoms with van der Waals surface area (Å²) in [7, 11) is 1.52. The fourth-order valence-electron chi connectivity index (χ4n) is 9.33. The average Bonchev–Trinajstić information content (AvgIpc) is 3.44. The number of carboxylic acid groups (broad SMARTS) is 3. The topological polar surface area (TPSA) is 304 Å². The fourth-order valence-corrected chi connectivity index (χ4v) is 9.33. The van der Waals surface area contributed by atoms with Crippen molar-refractivity contribution in [3.8, 4) is 0 Å². The van der Waals surface area contributed by atoms with Gasteiger partial charge in [-0.1, -0.05) is 110 Å². The highest BCUT2D eigenvalue weighted by Crippen LogP contribution is 2.31. The van der Waals surface area contributed by atoms with Gasteiger partial charge in [0.1, 0.15) is 24.8 Å². The van der Waals surface area contributed by atoms with Gasteiger partial charge in [0.25, 0.3) is 0 Å². The van der Waals surface area contributed by atoms with E-state index >= 15 is 0 Å². The van der Waals surface area contributed by atoms with Gasteiger partial charge in [0, 0.05) is 90.5 Å². The lowest BCUT2D eigenvalue weighted by molar-refractivity contribution is -0.145. The number of Topliss-reactive ketones (excluding diaryl/α,β-unsaturated/α-hetero) is 4. The molecule has 6 N–H and O–H groups in total. The van der Waals surface area contributed by atoms with Gasteiger partial charge >= 0.3 is 17.9 Å². The van der Waals surface area contributed by atoms with Crippen LogP contribution >= 0.6 is 0 Å². The van der Waals surface area contributed by atoms with E-state index in [4.69, 9.17) is 24.1 Å². The molecule has 468 valence electrons. The second kappa shape index (κ2) is 53.4. The monoisotopic (exact) mass is 1150 g/mol. The van der Waals surface area contributed by atoms with Crippen molar-refractivity contribution < 1.29 is 82.2 Å². The van der Waals surface area contributed by atoms with E-state index in [2.05, 4.69) is 22.9 Å². The Bertz CT molecular complexity index is 1740. The largest absolute Gasteiger partial charge is 0.481 e. The van der Waals surface area contributed by atoms with Crippen molar-refractivity contribution in [1.82, 2.24) is 16.0 Å². The normalized spacial score (nSPS) is 14.7. The van der Waals surface area contributed by atoms with E-state index in [1.54, 1.807) is 0 Å². The summed E-state index contributed by atoms with van der Waals surface area (Å²) < 4.78 is 21.3. The molecule has 1 rings (SSSR count). The summed E-state index contributed by atoms with van der Waals surface area (Å²) in [5, 5.41) is 35.9. The maximum Gasteiger partial charge on any atom is 0.306 e. The standard InChI is InChI=1S/C54H93N3O16.C7H14O/c1-55-51(63)41-73-37-35-70-32-18-20-45(58)40-72-36-34-71-33-19-21-47(59)46(29-31-53(66)67)57-50(62)30-28-44(54(68)69)38-48(60)43-26-24-42(25-27-43)39-56-49(61)22-16-14-12-10-8-6-4-2-3-5-7-9-11-13-15-17-23-52(64)65;1-3-5-6-7(8)4-2/h42-44,46H,2-41H2,1H3,(H,55,63)(H,56,61)(H,57,62)(H,64,65)(H,66,67)(H,68,69);3-6H2,1-2H3/t42?,43?,44-,46+;/m1./s1. The van der Waals surface area contributed by atoms with E-state index in [1.165, 1.54) is 71.3 Å². The van der Waals surface area contributed by atoms with E-state index in [9.17, 15) is 58.2 Å². The molecule has 0 aromatic carbocycles. The Morgan fingerprint density at radius 1 is 0.469 bits per heavy atom. The molecule has 0 heterocycles. The summed E-state index contributed by atoms with van der Waals surface area (Å²) in [5.41, 5.74) is 0. The van der Waals surface area contributed by atoms with Gasteiger partial charge in [-0.3, -0.25) is 47.9 Å². The number of carboxylic acids is 3. The van der Waals surface area contributed by atoms with Crippen LogP contribution in [0.15, 0.2) is 0 Å². The van der Waals surface area contributed by atoms with E-state index in [0.717, 1.165) is 70.6 Å². The molecule has 1 fully saturated rings. The minimum absolute atomic E-state index is 0.000444. The van der Waals surface area contributed by atoms with Crippen LogP contribution in [0.25, 0.3) is 0 Å². The number of hydrogen-bond acceptors (Lipinski definition) is 14. The molecule has 20 nitrogen and oxygen atoms in total. The van der Waals surface area contributed by atoms with Crippen LogP contribution in [0.3, 0.4) is 0 Å². The van der Waals surface area contributed by atoms with Crippen molar-refractivity contribution in [3.63, 3.8) is 0 Å². The van der Waals surface area contributed by atoms with E-state index in [-0.39, 0.29) is 132 Å². The van der Waals surface area contributed by atoms with E-state index in [1.807, 2.05) is 6.92 Å². The number of carbonyl (C=O) groups is 10. The summed E-state index contributed by atoms with van der Waals surface area (Å²) in [6, 6.07) is -1.08. The van der Waals surface area contributed by atoms with Crippen LogP contribution in [0, 0.1) is 17.8 Å². The molecule has 1 saturated carbocycles. The highest BCUT2D eigenvalue weighted by Gasteiger charge is 2.31. The van der Waals surface area contributed by atoms with Gasteiger partial charge in [-0.05, 0) is 76.5 Å². The zero-order chi connectivity index (χ0) is 60.1. The van der Waals surface area contributed by atoms with Crippen molar-refractivity contribution in [2.75, 3.05) is 66.4 Å². The lowest BCUT2D eigenvalue weighted by atomic mass is 9.78. The molecule has 0 aliphatic heterocycles. The quantitative estimate of drug-likeness (QED) is 0.0309. The number of nitrogens with one attached hydrogen (secondary N) is 3. The Hall–Kier alpha value is -4.66. The Kier molecular flexibility index (Phi) is 50.3. The lowest BCUT2D eigenvalue weighted by Crippen LogP contribution is -2.41. The second-order valence-electron chi connectivity index (χ2n) is 21.6. The zero-order valence-electron chi connectivity index (χ0n) is 50.0. The molecule has 20 heteroatoms. The predicted octanol–water partition coefficient (Wildman–Crippen LogP) is 9.47. The first-order valence-corrected chi connectivity index (χ1v) is 30.8. The van der Waals surface area contributed by atoms with Crippen LogP contribution in [-0.4, -0.2) is 147 Å². The SMILES string of the molecule is CCCCC(=O)CC.CNC(=O)COCCOCCCC(=O)COCCOCCCC(=O)[C@H](CCC(=O)O)NC(=O)CC[C@H](CC(=O)C1CCC(CNC(=O)CCCCCCCCCCCCCCCCCCC(=O)O)CC1)C(=O)O. The molecule has 0 spiro atoms. The molecular weight excluding hydrogens is 1050 g/mol. The van der Waals surface area contributed by atoms with Crippen LogP contribution in [0.1, 0.15) is 239 Å². The minimum atomic E-state index is -1.19. The fraction of sp³-hybridized carbons (Fsp3) is 0.836. The van der Waals surface area contributed by atoms with Crippen LogP contribution in [0.4, 0.5) is 0 Å². The molecule has 0 radical (unpaired) electrons. The first-order chi connectivity index (χ1) is 39.0. The predicted molar refractivity (Wildman–Crippen MR) is 309 cm³/mol. The summed E-state index contributed by atoms with van der Waals surface area (Å²) in [4.78, 5) is 119. The van der Waals surface area contributed by atoms with Crippen molar-refractivity contribution in [3.05, 3.63) is 0 Å². The zero-order valence-corrected chi connectivity index (χ0v) is 50.0. The summed E-state index contributed by atoms with van der Waals surface area (Å²) in [5.74, 6) is -5.17. The van der Waals surface area contributed by atoms with Crippen molar-refractivity contribution >= 4 is 58.8 Å². The van der Waals surface area contributed by atoms with Gasteiger partial charge in [-0.2, -0.15) is 0 Å². The van der Waals surface area contributed by atoms with E-state index < -0.39 is 35.8 Å². The Labute approximate surface area is 484 Å². The molecule has 0 bridgehead atoms. The maximum absolute atomic E-state index is 13.2. The van der Waals surface area contributed by atoms with Gasteiger partial charge < -0.3 is 50.2 Å². The highest BCUT2D eigenvalue weighted by atomic mass is 16.5. The number of amides is 3. The van der Waals surface area contributed by atoms with Gasteiger partial charge in [0.05, 0.1) is 38.4 Å². The number of rotatable bonds is 55. The first kappa shape index (κ1) is 76.3. The number of ketones is 4. The second-order valence-corrected chi connectivity index (χ2v) is 21.6. The van der Waals surface area contributed by atoms with Crippen molar-refractivity contribution in [2.45, 2.75) is 245 Å². The molecule has 81 heavy (non-hydrogen) atoms. The van der Waals surface area contributed by atoms with Crippen molar-refractivity contribution in [1.29, 1.82) is 0 Å². The third-order valence-corrected chi connectivity index (χ3v) is 14.5. The number of unbranched alkanes of at least 4 members (excludes halogenated alkanes) is 16. The molecule has 3 amide bonds. The van der Waals surface area contributed by atoms with Crippen LogP contribution in [0.2, 0.25) is 0 Å². The molecule has 0 aromatic heterocycles. The third-order valence-electron chi connectivity index (χ3n) is 14.5. The van der Waals surface area contributed by atoms with Gasteiger partial charge in [-0.15, -0.1) is 0 Å². The van der Waals surface area contributed by atoms with E-state index in [0.29, 0.717) is 64.1 Å². The summed E-state index contributed by atoms with van der Waals surface area (Å²) >= 11 is 0. The number of ether oxygens (including phenoxy) is 4. The van der Waals surface area contributed by atoms with Gasteiger partial charge in [0.15, 0.2) is 11.6 Å². The van der Waals surface area contributed by atoms with Gasteiger partial charge in [-0.25, -0.2) is 0 Å². The summed E-state index contributed by atoms with van der Waals surface area (Å²) in [6.45, 7) is 5.94. The molecule has 1 aliphatic carbocycles. The molecule has 0 aromatic rings. The third kappa shape index (κ3) is 48.6. The molecular formula is C61H107N3O17. The molecule has 0 unspecified atom stereocenters. The maximum atomic E-state index is 13.2. The van der Waals surface area contributed by atoms with Crippen molar-refractivity contribution in [2.24, 2.45) is 17.8 Å². The minimum Gasteiger partial charge on any atom is -0.481 e.